The van der Waals surface area contributed by atoms with Gasteiger partial charge in [0.15, 0.2) is 11.5 Å². The summed E-state index contributed by atoms with van der Waals surface area (Å²) in [6.07, 6.45) is 3.88. The molecular weight excluding hydrogens is 414 g/mol. The van der Waals surface area contributed by atoms with Crippen LogP contribution in [-0.4, -0.2) is 43.0 Å². The summed E-state index contributed by atoms with van der Waals surface area (Å²) in [7, 11) is 0. The molecule has 0 unspecified atom stereocenters. The largest absolute Gasteiger partial charge is 0.350 e. The van der Waals surface area contributed by atoms with Crippen LogP contribution in [0.15, 0.2) is 36.5 Å². The van der Waals surface area contributed by atoms with Gasteiger partial charge in [-0.15, -0.1) is 0 Å². The number of halogens is 1. The predicted octanol–water partition coefficient (Wildman–Crippen LogP) is 3.79. The number of aromatic nitrogens is 6. The highest BCUT2D eigenvalue weighted by molar-refractivity contribution is 6.30. The van der Waals surface area contributed by atoms with Crippen LogP contribution >= 0.6 is 11.6 Å². The number of aryl methyl sites for hydroxylation is 1. The molecule has 0 spiro atoms. The van der Waals surface area contributed by atoms with Crippen LogP contribution in [0.2, 0.25) is 5.02 Å². The van der Waals surface area contributed by atoms with Gasteiger partial charge < -0.3 is 16.0 Å². The quantitative estimate of drug-likeness (QED) is 0.363. The second-order valence-electron chi connectivity index (χ2n) is 7.74. The van der Waals surface area contributed by atoms with E-state index >= 15 is 0 Å². The molecule has 1 aliphatic heterocycles. The van der Waals surface area contributed by atoms with Crippen LogP contribution in [-0.2, 0) is 6.54 Å². The monoisotopic (exact) mass is 437 g/mol. The predicted molar refractivity (Wildman–Crippen MR) is 122 cm³/mol. The Morgan fingerprint density at radius 1 is 1.16 bits per heavy atom. The minimum Gasteiger partial charge on any atom is -0.350 e. The average molecular weight is 438 g/mol. The van der Waals surface area contributed by atoms with Gasteiger partial charge >= 0.3 is 0 Å². The van der Waals surface area contributed by atoms with Gasteiger partial charge in [-0.1, -0.05) is 23.7 Å². The molecule has 4 aromatic rings. The Morgan fingerprint density at radius 2 is 1.97 bits per heavy atom. The molecule has 3 aromatic heterocycles. The summed E-state index contributed by atoms with van der Waals surface area (Å²) in [6, 6.07) is 9.98. The molecule has 0 radical (unpaired) electrons. The number of aromatic amines is 1. The standard InChI is InChI=1S/C21H24ClN9/c1-13-10-18(30-29-13)26-19-17-12-25-31(16-6-8-23-9-7-16)20(17)28-21(27-19)24-11-14-2-4-15(22)5-3-14/h2-5,10,12,16,23H,6-9,11H2,1H3,(H3,24,26,27,28,29,30). The van der Waals surface area contributed by atoms with Crippen molar-refractivity contribution in [3.05, 3.63) is 52.8 Å². The summed E-state index contributed by atoms with van der Waals surface area (Å²) in [6.45, 7) is 4.51. The van der Waals surface area contributed by atoms with Crippen molar-refractivity contribution in [3.63, 3.8) is 0 Å². The third-order valence-corrected chi connectivity index (χ3v) is 5.68. The van der Waals surface area contributed by atoms with Crippen LogP contribution in [0.4, 0.5) is 17.6 Å². The molecule has 0 atom stereocenters. The number of benzene rings is 1. The summed E-state index contributed by atoms with van der Waals surface area (Å²) < 4.78 is 2.03. The van der Waals surface area contributed by atoms with Crippen molar-refractivity contribution in [2.75, 3.05) is 23.7 Å². The van der Waals surface area contributed by atoms with E-state index in [4.69, 9.17) is 21.6 Å². The highest BCUT2D eigenvalue weighted by atomic mass is 35.5. The molecule has 0 bridgehead atoms. The third kappa shape index (κ3) is 4.33. The van der Waals surface area contributed by atoms with E-state index in [0.29, 0.717) is 35.2 Å². The molecule has 0 saturated carbocycles. The number of nitrogens with one attached hydrogen (secondary N) is 4. The molecule has 1 aromatic carbocycles. The van der Waals surface area contributed by atoms with Crippen LogP contribution in [0.3, 0.4) is 0 Å². The van der Waals surface area contributed by atoms with Gasteiger partial charge in [-0.3, -0.25) is 5.10 Å². The van der Waals surface area contributed by atoms with Crippen LogP contribution in [0, 0.1) is 6.92 Å². The first kappa shape index (κ1) is 19.8. The van der Waals surface area contributed by atoms with Crippen LogP contribution in [0.25, 0.3) is 11.0 Å². The van der Waals surface area contributed by atoms with Crippen molar-refractivity contribution in [2.24, 2.45) is 0 Å². The number of H-pyrrole nitrogens is 1. The van der Waals surface area contributed by atoms with Gasteiger partial charge in [0.1, 0.15) is 5.82 Å². The van der Waals surface area contributed by atoms with Gasteiger partial charge in [0.25, 0.3) is 0 Å². The number of nitrogens with zero attached hydrogens (tertiary/aromatic N) is 5. The van der Waals surface area contributed by atoms with E-state index in [2.05, 4.69) is 31.2 Å². The lowest BCUT2D eigenvalue weighted by Gasteiger charge is -2.23. The van der Waals surface area contributed by atoms with Gasteiger partial charge in [-0.2, -0.15) is 20.2 Å². The summed E-state index contributed by atoms with van der Waals surface area (Å²) in [5.41, 5.74) is 2.88. The lowest BCUT2D eigenvalue weighted by molar-refractivity contribution is 0.350. The topological polar surface area (TPSA) is 108 Å². The normalized spacial score (nSPS) is 14.8. The van der Waals surface area contributed by atoms with Gasteiger partial charge in [0.2, 0.25) is 5.95 Å². The van der Waals surface area contributed by atoms with E-state index in [9.17, 15) is 0 Å². The van der Waals surface area contributed by atoms with Gasteiger partial charge in [-0.25, -0.2) is 4.68 Å². The van der Waals surface area contributed by atoms with Crippen LogP contribution < -0.4 is 16.0 Å². The highest BCUT2D eigenvalue weighted by Gasteiger charge is 2.21. The Balaban J connectivity index is 1.49. The van der Waals surface area contributed by atoms with Gasteiger partial charge in [0.05, 0.1) is 17.6 Å². The Kier molecular flexibility index (Phi) is 5.44. The summed E-state index contributed by atoms with van der Waals surface area (Å²) in [4.78, 5) is 9.53. The first-order chi connectivity index (χ1) is 15.2. The molecule has 1 aliphatic rings. The first-order valence-corrected chi connectivity index (χ1v) is 10.8. The SMILES string of the molecule is Cc1cc(Nc2nc(NCc3ccc(Cl)cc3)nc3c2cnn3C2CCNCC2)n[nH]1. The molecular formula is C21H24ClN9. The fraction of sp³-hybridized carbons (Fsp3) is 0.333. The number of piperidine rings is 1. The molecule has 160 valence electrons. The lowest BCUT2D eigenvalue weighted by Crippen LogP contribution is -2.30. The lowest BCUT2D eigenvalue weighted by atomic mass is 10.1. The fourth-order valence-corrected chi connectivity index (χ4v) is 3.93. The minimum atomic E-state index is 0.318. The van der Waals surface area contributed by atoms with Crippen molar-refractivity contribution < 1.29 is 0 Å². The van der Waals surface area contributed by atoms with E-state index in [-0.39, 0.29) is 0 Å². The van der Waals surface area contributed by atoms with Gasteiger partial charge in [-0.05, 0) is 50.6 Å². The van der Waals surface area contributed by atoms with Crippen LogP contribution in [0.5, 0.6) is 0 Å². The molecule has 1 fully saturated rings. The Labute approximate surface area is 184 Å². The van der Waals surface area contributed by atoms with Gasteiger partial charge in [0, 0.05) is 23.3 Å². The number of rotatable bonds is 6. The van der Waals surface area contributed by atoms with Crippen molar-refractivity contribution >= 4 is 40.2 Å². The molecule has 4 heterocycles. The molecule has 0 aliphatic carbocycles. The van der Waals surface area contributed by atoms with Crippen molar-refractivity contribution in [1.82, 2.24) is 35.3 Å². The number of fused-ring (bicyclic) bond motifs is 1. The molecule has 4 N–H and O–H groups in total. The number of hydrogen-bond donors (Lipinski definition) is 4. The molecule has 9 nitrogen and oxygen atoms in total. The molecule has 10 heteroatoms. The van der Waals surface area contributed by atoms with E-state index in [1.54, 1.807) is 0 Å². The van der Waals surface area contributed by atoms with Crippen molar-refractivity contribution in [2.45, 2.75) is 32.4 Å². The zero-order chi connectivity index (χ0) is 21.2. The highest BCUT2D eigenvalue weighted by Crippen LogP contribution is 2.29. The molecule has 1 saturated heterocycles. The van der Waals surface area contributed by atoms with E-state index in [1.165, 1.54) is 0 Å². The summed E-state index contributed by atoms with van der Waals surface area (Å²) in [5.74, 6) is 1.92. The second kappa shape index (κ2) is 8.52. The maximum absolute atomic E-state index is 6.00. The fourth-order valence-electron chi connectivity index (χ4n) is 3.81. The zero-order valence-corrected chi connectivity index (χ0v) is 17.9. The maximum atomic E-state index is 6.00. The first-order valence-electron chi connectivity index (χ1n) is 10.4. The molecule has 5 rings (SSSR count). The summed E-state index contributed by atoms with van der Waals surface area (Å²) >= 11 is 6.00. The Bertz CT molecular complexity index is 1180. The Morgan fingerprint density at radius 3 is 2.71 bits per heavy atom. The van der Waals surface area contributed by atoms with Crippen LogP contribution in [0.1, 0.15) is 30.1 Å². The third-order valence-electron chi connectivity index (χ3n) is 5.42. The average Bonchev–Trinajstić information content (AvgIpc) is 3.40. The Hall–Kier alpha value is -3.17. The molecule has 31 heavy (non-hydrogen) atoms. The smallest absolute Gasteiger partial charge is 0.227 e. The number of anilines is 3. The molecule has 0 amide bonds. The second-order valence-corrected chi connectivity index (χ2v) is 8.18. The van der Waals surface area contributed by atoms with E-state index in [0.717, 1.165) is 48.2 Å². The number of hydrogen-bond acceptors (Lipinski definition) is 7. The van der Waals surface area contributed by atoms with Crippen molar-refractivity contribution in [1.29, 1.82) is 0 Å². The maximum Gasteiger partial charge on any atom is 0.227 e. The minimum absolute atomic E-state index is 0.318. The zero-order valence-electron chi connectivity index (χ0n) is 17.2. The summed E-state index contributed by atoms with van der Waals surface area (Å²) in [5, 5.41) is 23.5. The van der Waals surface area contributed by atoms with E-state index < -0.39 is 0 Å². The van der Waals surface area contributed by atoms with E-state index in [1.807, 2.05) is 48.1 Å². The van der Waals surface area contributed by atoms with Crippen molar-refractivity contribution in [3.8, 4) is 0 Å².